The van der Waals surface area contributed by atoms with Crippen LogP contribution in [-0.2, 0) is 9.53 Å². The van der Waals surface area contributed by atoms with Gasteiger partial charge in [-0.1, -0.05) is 12.8 Å². The van der Waals surface area contributed by atoms with Crippen LogP contribution in [-0.4, -0.2) is 41.5 Å². The SMILES string of the molecule is Nc1ncccc1C(=O)OCC(=O)N1CCCCCC1. The average Bonchev–Trinajstić information content (AvgIpc) is 2.74. The van der Waals surface area contributed by atoms with Crippen molar-refractivity contribution in [3.63, 3.8) is 0 Å². The van der Waals surface area contributed by atoms with Gasteiger partial charge >= 0.3 is 5.97 Å². The van der Waals surface area contributed by atoms with Crippen LogP contribution in [0.25, 0.3) is 0 Å². The van der Waals surface area contributed by atoms with Crippen LogP contribution in [0.2, 0.25) is 0 Å². The van der Waals surface area contributed by atoms with Crippen molar-refractivity contribution in [2.75, 3.05) is 25.4 Å². The zero-order valence-electron chi connectivity index (χ0n) is 11.4. The lowest BCUT2D eigenvalue weighted by Crippen LogP contribution is -2.35. The Morgan fingerprint density at radius 3 is 2.60 bits per heavy atom. The number of pyridine rings is 1. The molecule has 1 aromatic heterocycles. The van der Waals surface area contributed by atoms with Crippen LogP contribution in [0.3, 0.4) is 0 Å². The molecule has 1 amide bonds. The van der Waals surface area contributed by atoms with E-state index in [0.29, 0.717) is 0 Å². The van der Waals surface area contributed by atoms with Crippen LogP contribution >= 0.6 is 0 Å². The lowest BCUT2D eigenvalue weighted by molar-refractivity contribution is -0.134. The van der Waals surface area contributed by atoms with Crippen molar-refractivity contribution in [1.82, 2.24) is 9.88 Å². The standard InChI is InChI=1S/C14H19N3O3/c15-13-11(6-5-7-16-13)14(19)20-10-12(18)17-8-3-1-2-4-9-17/h5-7H,1-4,8-10H2,(H2,15,16). The predicted octanol–water partition coefficient (Wildman–Crippen LogP) is 1.22. The van der Waals surface area contributed by atoms with Gasteiger partial charge in [0, 0.05) is 19.3 Å². The second-order valence-electron chi connectivity index (χ2n) is 4.81. The second-order valence-corrected chi connectivity index (χ2v) is 4.81. The van der Waals surface area contributed by atoms with Gasteiger partial charge in [0.15, 0.2) is 6.61 Å². The number of ether oxygens (including phenoxy) is 1. The van der Waals surface area contributed by atoms with Crippen molar-refractivity contribution in [3.05, 3.63) is 23.9 Å². The Hall–Kier alpha value is -2.11. The molecule has 6 nitrogen and oxygen atoms in total. The number of amides is 1. The maximum absolute atomic E-state index is 12.0. The number of carbonyl (C=O) groups is 2. The molecule has 0 saturated carbocycles. The minimum atomic E-state index is -0.612. The summed E-state index contributed by atoms with van der Waals surface area (Å²) in [5.74, 6) is -0.652. The van der Waals surface area contributed by atoms with Gasteiger partial charge in [0.25, 0.3) is 5.91 Å². The van der Waals surface area contributed by atoms with E-state index in [9.17, 15) is 9.59 Å². The van der Waals surface area contributed by atoms with Crippen LogP contribution in [0.15, 0.2) is 18.3 Å². The molecule has 2 rings (SSSR count). The zero-order valence-corrected chi connectivity index (χ0v) is 11.4. The van der Waals surface area contributed by atoms with E-state index in [4.69, 9.17) is 10.5 Å². The molecule has 2 heterocycles. The quantitative estimate of drug-likeness (QED) is 0.840. The Bertz CT molecular complexity index is 482. The number of nitrogen functional groups attached to an aromatic ring is 1. The van der Waals surface area contributed by atoms with E-state index in [1.54, 1.807) is 11.0 Å². The lowest BCUT2D eigenvalue weighted by Gasteiger charge is -2.19. The summed E-state index contributed by atoms with van der Waals surface area (Å²) in [5.41, 5.74) is 5.77. The summed E-state index contributed by atoms with van der Waals surface area (Å²) in [7, 11) is 0. The molecule has 0 aliphatic carbocycles. The minimum Gasteiger partial charge on any atom is -0.452 e. The number of carbonyl (C=O) groups excluding carboxylic acids is 2. The van der Waals surface area contributed by atoms with E-state index in [2.05, 4.69) is 4.98 Å². The highest BCUT2D eigenvalue weighted by Crippen LogP contribution is 2.11. The van der Waals surface area contributed by atoms with E-state index < -0.39 is 5.97 Å². The van der Waals surface area contributed by atoms with Gasteiger partial charge in [-0.15, -0.1) is 0 Å². The fraction of sp³-hybridized carbons (Fsp3) is 0.500. The molecule has 1 aliphatic heterocycles. The smallest absolute Gasteiger partial charge is 0.342 e. The average molecular weight is 277 g/mol. The molecule has 1 saturated heterocycles. The third-order valence-electron chi connectivity index (χ3n) is 3.34. The van der Waals surface area contributed by atoms with Crippen molar-refractivity contribution >= 4 is 17.7 Å². The van der Waals surface area contributed by atoms with E-state index in [1.807, 2.05) is 0 Å². The monoisotopic (exact) mass is 277 g/mol. The van der Waals surface area contributed by atoms with Gasteiger partial charge in [-0.3, -0.25) is 4.79 Å². The summed E-state index contributed by atoms with van der Waals surface area (Å²) in [4.78, 5) is 29.3. The molecule has 0 spiro atoms. The van der Waals surface area contributed by atoms with Crippen LogP contribution in [0.4, 0.5) is 5.82 Å². The highest BCUT2D eigenvalue weighted by molar-refractivity contribution is 5.95. The summed E-state index contributed by atoms with van der Waals surface area (Å²) in [6.45, 7) is 1.24. The Balaban J connectivity index is 1.86. The number of anilines is 1. The molecule has 108 valence electrons. The first kappa shape index (κ1) is 14.3. The first-order valence-corrected chi connectivity index (χ1v) is 6.84. The van der Waals surface area contributed by atoms with Gasteiger partial charge < -0.3 is 15.4 Å². The molecular weight excluding hydrogens is 258 g/mol. The van der Waals surface area contributed by atoms with E-state index >= 15 is 0 Å². The summed E-state index contributed by atoms with van der Waals surface area (Å²) >= 11 is 0. The molecule has 0 radical (unpaired) electrons. The number of likely N-dealkylation sites (tertiary alicyclic amines) is 1. The topological polar surface area (TPSA) is 85.5 Å². The maximum Gasteiger partial charge on any atom is 0.342 e. The fourth-order valence-electron chi connectivity index (χ4n) is 2.21. The lowest BCUT2D eigenvalue weighted by atomic mass is 10.2. The number of esters is 1. The molecule has 1 aliphatic rings. The molecule has 1 fully saturated rings. The Kier molecular flexibility index (Phi) is 4.92. The Morgan fingerprint density at radius 2 is 1.95 bits per heavy atom. The highest BCUT2D eigenvalue weighted by atomic mass is 16.5. The predicted molar refractivity (Wildman–Crippen MR) is 74.0 cm³/mol. The summed E-state index contributed by atoms with van der Waals surface area (Å²) in [6.07, 6.45) is 5.81. The van der Waals surface area contributed by atoms with Crippen LogP contribution < -0.4 is 5.73 Å². The molecule has 1 aromatic rings. The van der Waals surface area contributed by atoms with Gasteiger partial charge in [0.05, 0.1) is 0 Å². The molecule has 6 heteroatoms. The van der Waals surface area contributed by atoms with E-state index in [0.717, 1.165) is 38.8 Å². The number of hydrogen-bond acceptors (Lipinski definition) is 5. The molecule has 20 heavy (non-hydrogen) atoms. The van der Waals surface area contributed by atoms with Gasteiger partial charge in [0.1, 0.15) is 11.4 Å². The second kappa shape index (κ2) is 6.88. The number of nitrogens with zero attached hydrogens (tertiary/aromatic N) is 2. The maximum atomic E-state index is 12.0. The van der Waals surface area contributed by atoms with Crippen molar-refractivity contribution in [2.24, 2.45) is 0 Å². The molecule has 2 N–H and O–H groups in total. The number of nitrogens with two attached hydrogens (primary N) is 1. The van der Waals surface area contributed by atoms with Gasteiger partial charge in [-0.05, 0) is 25.0 Å². The largest absolute Gasteiger partial charge is 0.452 e. The minimum absolute atomic E-state index is 0.111. The van der Waals surface area contributed by atoms with Crippen molar-refractivity contribution < 1.29 is 14.3 Å². The first-order valence-electron chi connectivity index (χ1n) is 6.84. The van der Waals surface area contributed by atoms with Crippen LogP contribution in [0.1, 0.15) is 36.0 Å². The molecule has 0 bridgehead atoms. The Morgan fingerprint density at radius 1 is 1.25 bits per heavy atom. The zero-order chi connectivity index (χ0) is 14.4. The first-order chi connectivity index (χ1) is 9.68. The van der Waals surface area contributed by atoms with Crippen molar-refractivity contribution in [1.29, 1.82) is 0 Å². The number of hydrogen-bond donors (Lipinski definition) is 1. The third kappa shape index (κ3) is 3.69. The third-order valence-corrected chi connectivity index (χ3v) is 3.34. The van der Waals surface area contributed by atoms with Gasteiger partial charge in [-0.2, -0.15) is 0 Å². The Labute approximate surface area is 117 Å². The molecule has 0 aromatic carbocycles. The molecular formula is C14H19N3O3. The van der Waals surface area contributed by atoms with E-state index in [-0.39, 0.29) is 23.9 Å². The summed E-state index contributed by atoms with van der Waals surface area (Å²) in [5, 5.41) is 0. The van der Waals surface area contributed by atoms with Crippen molar-refractivity contribution in [3.8, 4) is 0 Å². The fourth-order valence-corrected chi connectivity index (χ4v) is 2.21. The normalized spacial score (nSPS) is 15.5. The highest BCUT2D eigenvalue weighted by Gasteiger charge is 2.18. The molecule has 0 unspecified atom stereocenters. The van der Waals surface area contributed by atoms with Crippen LogP contribution in [0, 0.1) is 0 Å². The summed E-state index contributed by atoms with van der Waals surface area (Å²) in [6, 6.07) is 3.13. The number of rotatable bonds is 3. The van der Waals surface area contributed by atoms with Gasteiger partial charge in [-0.25, -0.2) is 9.78 Å². The molecule has 0 atom stereocenters. The van der Waals surface area contributed by atoms with Gasteiger partial charge in [0.2, 0.25) is 0 Å². The van der Waals surface area contributed by atoms with Crippen molar-refractivity contribution in [2.45, 2.75) is 25.7 Å². The van der Waals surface area contributed by atoms with Crippen LogP contribution in [0.5, 0.6) is 0 Å². The summed E-state index contributed by atoms with van der Waals surface area (Å²) < 4.78 is 5.01. The van der Waals surface area contributed by atoms with E-state index in [1.165, 1.54) is 12.3 Å². The number of aromatic nitrogens is 1.